The van der Waals surface area contributed by atoms with Crippen molar-refractivity contribution in [2.45, 2.75) is 64.6 Å². The van der Waals surface area contributed by atoms with Crippen molar-refractivity contribution >= 4 is 27.5 Å². The second kappa shape index (κ2) is 12.6. The number of nitrogens with zero attached hydrogens (tertiary/aromatic N) is 2. The summed E-state index contributed by atoms with van der Waals surface area (Å²) in [5.74, 6) is -0.559. The van der Waals surface area contributed by atoms with Gasteiger partial charge in [-0.2, -0.15) is 0 Å². The Labute approximate surface area is 238 Å². The van der Waals surface area contributed by atoms with Gasteiger partial charge >= 0.3 is 0 Å². The van der Waals surface area contributed by atoms with E-state index in [0.717, 1.165) is 21.0 Å². The third-order valence-electron chi connectivity index (χ3n) is 6.51. The number of hydrogen-bond donors (Lipinski definition) is 1. The van der Waals surface area contributed by atoms with E-state index < -0.39 is 34.1 Å². The molecular formula is C31H39N3O5S. The van der Waals surface area contributed by atoms with Crippen LogP contribution in [0, 0.1) is 13.8 Å². The molecule has 0 heterocycles. The number of aryl methyl sites for hydroxylation is 2. The van der Waals surface area contributed by atoms with E-state index >= 15 is 0 Å². The number of ether oxygens (including phenoxy) is 1. The lowest BCUT2D eigenvalue weighted by Gasteiger charge is -2.34. The zero-order valence-electron chi connectivity index (χ0n) is 24.3. The van der Waals surface area contributed by atoms with Crippen LogP contribution in [0.4, 0.5) is 5.69 Å². The zero-order chi connectivity index (χ0) is 29.7. The van der Waals surface area contributed by atoms with Crippen molar-refractivity contribution < 1.29 is 22.7 Å². The van der Waals surface area contributed by atoms with E-state index in [0.29, 0.717) is 5.75 Å². The Hall–Kier alpha value is -3.85. The fraction of sp³-hybridized carbons (Fsp3) is 0.355. The molecule has 0 aliphatic rings. The van der Waals surface area contributed by atoms with E-state index in [1.54, 1.807) is 43.3 Å². The molecule has 1 N–H and O–H groups in total. The summed E-state index contributed by atoms with van der Waals surface area (Å²) in [4.78, 5) is 28.8. The number of methoxy groups -OCH3 is 1. The molecule has 3 aromatic rings. The Morgan fingerprint density at radius 1 is 0.925 bits per heavy atom. The third kappa shape index (κ3) is 7.41. The predicted octanol–water partition coefficient (Wildman–Crippen LogP) is 4.84. The Kier molecular flexibility index (Phi) is 9.63. The molecule has 0 aliphatic heterocycles. The summed E-state index contributed by atoms with van der Waals surface area (Å²) in [7, 11) is -2.74. The lowest BCUT2D eigenvalue weighted by atomic mass is 10.1. The first-order valence-corrected chi connectivity index (χ1v) is 14.6. The van der Waals surface area contributed by atoms with Crippen molar-refractivity contribution in [1.29, 1.82) is 0 Å². The summed E-state index contributed by atoms with van der Waals surface area (Å²) in [5, 5.41) is 2.93. The van der Waals surface area contributed by atoms with E-state index in [4.69, 9.17) is 4.74 Å². The molecule has 3 rings (SSSR count). The van der Waals surface area contributed by atoms with Gasteiger partial charge in [0.1, 0.15) is 18.3 Å². The van der Waals surface area contributed by atoms with Crippen molar-refractivity contribution in [3.8, 4) is 5.75 Å². The minimum Gasteiger partial charge on any atom is -0.495 e. The summed E-state index contributed by atoms with van der Waals surface area (Å²) >= 11 is 0. The first kappa shape index (κ1) is 30.7. The zero-order valence-corrected chi connectivity index (χ0v) is 25.1. The van der Waals surface area contributed by atoms with Crippen molar-refractivity contribution in [2.75, 3.05) is 18.0 Å². The van der Waals surface area contributed by atoms with Crippen molar-refractivity contribution in [3.05, 3.63) is 89.5 Å². The van der Waals surface area contributed by atoms with Crippen LogP contribution in [0.25, 0.3) is 0 Å². The molecule has 0 unspecified atom stereocenters. The largest absolute Gasteiger partial charge is 0.495 e. The van der Waals surface area contributed by atoms with E-state index in [2.05, 4.69) is 5.32 Å². The molecule has 0 saturated heterocycles. The molecule has 3 aromatic carbocycles. The van der Waals surface area contributed by atoms with Gasteiger partial charge in [-0.3, -0.25) is 13.9 Å². The number of carbonyl (C=O) groups excluding carboxylic acids is 2. The monoisotopic (exact) mass is 565 g/mol. The third-order valence-corrected chi connectivity index (χ3v) is 8.28. The van der Waals surface area contributed by atoms with Crippen LogP contribution in [-0.4, -0.2) is 50.4 Å². The van der Waals surface area contributed by atoms with Gasteiger partial charge in [-0.15, -0.1) is 0 Å². The van der Waals surface area contributed by atoms with Crippen LogP contribution < -0.4 is 14.4 Å². The topological polar surface area (TPSA) is 96.0 Å². The quantitative estimate of drug-likeness (QED) is 0.380. The Balaban J connectivity index is 2.09. The SMILES string of the molecule is COc1ccccc1N(CC(=O)N(Cc1ccccc1C)[C@H](C)C(=O)NC(C)(C)C)S(=O)(=O)c1ccc(C)cc1. The molecule has 9 heteroatoms. The highest BCUT2D eigenvalue weighted by Crippen LogP contribution is 2.32. The Bertz CT molecular complexity index is 1450. The molecule has 214 valence electrons. The molecule has 0 spiro atoms. The molecule has 0 aliphatic carbocycles. The molecule has 0 bridgehead atoms. The predicted molar refractivity (Wildman–Crippen MR) is 158 cm³/mol. The number of hydrogen-bond acceptors (Lipinski definition) is 5. The second-order valence-electron chi connectivity index (χ2n) is 10.9. The van der Waals surface area contributed by atoms with Crippen molar-refractivity contribution in [3.63, 3.8) is 0 Å². The number of rotatable bonds is 10. The highest BCUT2D eigenvalue weighted by Gasteiger charge is 2.34. The van der Waals surface area contributed by atoms with Crippen LogP contribution in [0.1, 0.15) is 44.4 Å². The highest BCUT2D eigenvalue weighted by atomic mass is 32.2. The van der Waals surface area contributed by atoms with Gasteiger partial charge in [0, 0.05) is 12.1 Å². The number of benzene rings is 3. The maximum atomic E-state index is 14.1. The molecule has 0 aromatic heterocycles. The molecular weight excluding hydrogens is 526 g/mol. The van der Waals surface area contributed by atoms with Crippen LogP contribution in [0.5, 0.6) is 5.75 Å². The standard InChI is InChI=1S/C31H39N3O5S/c1-22-16-18-26(19-17-22)40(37,38)34(27-14-10-11-15-28(27)39-7)21-29(35)33(20-25-13-9-8-12-23(25)2)24(3)30(36)32-31(4,5)6/h8-19,24H,20-21H2,1-7H3,(H,32,36)/t24-/m1/s1. The smallest absolute Gasteiger partial charge is 0.264 e. The minimum atomic E-state index is -4.18. The van der Waals surface area contributed by atoms with Crippen LogP contribution in [0.3, 0.4) is 0 Å². The Morgan fingerprint density at radius 2 is 1.52 bits per heavy atom. The average molecular weight is 566 g/mol. The number of para-hydroxylation sites is 2. The fourth-order valence-corrected chi connectivity index (χ4v) is 5.64. The number of sulfonamides is 1. The molecule has 1 atom stereocenters. The Morgan fingerprint density at radius 3 is 2.12 bits per heavy atom. The number of anilines is 1. The summed E-state index contributed by atoms with van der Waals surface area (Å²) < 4.78 is 34.5. The molecule has 2 amide bonds. The van der Waals surface area contributed by atoms with E-state index in [9.17, 15) is 18.0 Å². The molecule has 40 heavy (non-hydrogen) atoms. The second-order valence-corrected chi connectivity index (χ2v) is 12.7. The minimum absolute atomic E-state index is 0.0424. The van der Waals surface area contributed by atoms with E-state index in [1.807, 2.05) is 58.9 Å². The van der Waals surface area contributed by atoms with Gasteiger partial charge in [0.05, 0.1) is 17.7 Å². The van der Waals surface area contributed by atoms with Gasteiger partial charge in [-0.1, -0.05) is 54.1 Å². The van der Waals surface area contributed by atoms with Crippen molar-refractivity contribution in [2.24, 2.45) is 0 Å². The first-order valence-electron chi connectivity index (χ1n) is 13.1. The molecule has 0 fully saturated rings. The molecule has 8 nitrogen and oxygen atoms in total. The number of nitrogens with one attached hydrogen (secondary N) is 1. The van der Waals surface area contributed by atoms with Crippen molar-refractivity contribution in [1.82, 2.24) is 10.2 Å². The van der Waals surface area contributed by atoms with Crippen LogP contribution in [-0.2, 0) is 26.2 Å². The highest BCUT2D eigenvalue weighted by molar-refractivity contribution is 7.92. The number of amides is 2. The summed E-state index contributed by atoms with van der Waals surface area (Å²) in [6, 6.07) is 19.8. The van der Waals surface area contributed by atoms with Crippen LogP contribution in [0.15, 0.2) is 77.7 Å². The lowest BCUT2D eigenvalue weighted by Crippen LogP contribution is -2.54. The van der Waals surface area contributed by atoms with Gasteiger partial charge in [0.15, 0.2) is 0 Å². The van der Waals surface area contributed by atoms with Gasteiger partial charge < -0.3 is 15.0 Å². The average Bonchev–Trinajstić information content (AvgIpc) is 2.90. The fourth-order valence-electron chi connectivity index (χ4n) is 4.21. The van der Waals surface area contributed by atoms with Gasteiger partial charge in [0.2, 0.25) is 11.8 Å². The van der Waals surface area contributed by atoms with Gasteiger partial charge in [-0.05, 0) is 76.9 Å². The summed E-state index contributed by atoms with van der Waals surface area (Å²) in [6.07, 6.45) is 0. The first-order chi connectivity index (χ1) is 18.7. The molecule has 0 saturated carbocycles. The van der Waals surface area contributed by atoms with Crippen LogP contribution >= 0.6 is 0 Å². The van der Waals surface area contributed by atoms with Gasteiger partial charge in [-0.25, -0.2) is 8.42 Å². The maximum absolute atomic E-state index is 14.1. The van der Waals surface area contributed by atoms with Crippen LogP contribution in [0.2, 0.25) is 0 Å². The number of carbonyl (C=O) groups is 2. The van der Waals surface area contributed by atoms with E-state index in [1.165, 1.54) is 24.1 Å². The lowest BCUT2D eigenvalue weighted by molar-refractivity contribution is -0.140. The summed E-state index contributed by atoms with van der Waals surface area (Å²) in [5.41, 5.74) is 2.43. The maximum Gasteiger partial charge on any atom is 0.264 e. The summed E-state index contributed by atoms with van der Waals surface area (Å²) in [6.45, 7) is 10.6. The van der Waals surface area contributed by atoms with Gasteiger partial charge in [0.25, 0.3) is 10.0 Å². The molecule has 0 radical (unpaired) electrons. The normalized spacial score (nSPS) is 12.4. The van der Waals surface area contributed by atoms with E-state index in [-0.39, 0.29) is 23.0 Å².